The fraction of sp³-hybridized carbons (Fsp3) is 0.429. The maximum Gasteiger partial charge on any atom is 0.405 e. The molecule has 3 aromatic rings. The van der Waals surface area contributed by atoms with Crippen LogP contribution in [-0.4, -0.2) is 53.8 Å². The molecule has 3 amide bonds. The van der Waals surface area contributed by atoms with Crippen LogP contribution in [0.1, 0.15) is 68.1 Å². The SMILES string of the molecule is CC1(OC(N)=O)CCCC[C@]1(C(N)=O)[C@H]1CO[C@H](CCc2c(F)cncc2NC(=O)CC(c2ccc(F)cc2)c2ccc(F)cc2)CN1. The zero-order chi connectivity index (χ0) is 34.5. The van der Waals surface area contributed by atoms with Gasteiger partial charge in [0, 0.05) is 30.5 Å². The van der Waals surface area contributed by atoms with Crippen LogP contribution in [0.15, 0.2) is 60.9 Å². The number of amides is 3. The van der Waals surface area contributed by atoms with E-state index in [2.05, 4.69) is 15.6 Å². The van der Waals surface area contributed by atoms with Crippen LogP contribution in [0.5, 0.6) is 0 Å². The number of benzene rings is 2. The third kappa shape index (κ3) is 7.47. The summed E-state index contributed by atoms with van der Waals surface area (Å²) in [6.45, 7) is 2.10. The average molecular weight is 668 g/mol. The zero-order valence-electron chi connectivity index (χ0n) is 26.6. The molecule has 0 radical (unpaired) electrons. The first-order valence-corrected chi connectivity index (χ1v) is 16.0. The molecule has 1 saturated carbocycles. The van der Waals surface area contributed by atoms with Gasteiger partial charge in [0.2, 0.25) is 11.8 Å². The second-order valence-corrected chi connectivity index (χ2v) is 12.7. The number of halogens is 3. The largest absolute Gasteiger partial charge is 0.442 e. The number of primary amides is 2. The molecule has 1 unspecified atom stereocenters. The van der Waals surface area contributed by atoms with E-state index in [1.807, 2.05) is 0 Å². The van der Waals surface area contributed by atoms with E-state index in [0.29, 0.717) is 43.4 Å². The first-order valence-electron chi connectivity index (χ1n) is 16.0. The molecule has 1 aliphatic heterocycles. The summed E-state index contributed by atoms with van der Waals surface area (Å²) in [5, 5.41) is 6.14. The lowest BCUT2D eigenvalue weighted by atomic mass is 9.59. The Morgan fingerprint density at radius 2 is 1.62 bits per heavy atom. The Balaban J connectivity index is 1.25. The van der Waals surface area contributed by atoms with E-state index in [0.717, 1.165) is 12.6 Å². The summed E-state index contributed by atoms with van der Waals surface area (Å²) in [5.74, 6) is -3.02. The van der Waals surface area contributed by atoms with Crippen molar-refractivity contribution in [2.24, 2.45) is 16.9 Å². The van der Waals surface area contributed by atoms with E-state index in [9.17, 15) is 23.2 Å². The Morgan fingerprint density at radius 1 is 1.00 bits per heavy atom. The van der Waals surface area contributed by atoms with Gasteiger partial charge in [-0.1, -0.05) is 30.7 Å². The molecule has 48 heavy (non-hydrogen) atoms. The number of nitrogens with one attached hydrogen (secondary N) is 2. The van der Waals surface area contributed by atoms with Crippen molar-refractivity contribution in [3.63, 3.8) is 0 Å². The minimum Gasteiger partial charge on any atom is -0.442 e. The normalized spacial score (nSPS) is 24.2. The lowest BCUT2D eigenvalue weighted by Crippen LogP contribution is -2.69. The van der Waals surface area contributed by atoms with Crippen LogP contribution in [0.4, 0.5) is 23.7 Å². The van der Waals surface area contributed by atoms with Crippen molar-refractivity contribution in [1.29, 1.82) is 0 Å². The van der Waals surface area contributed by atoms with Gasteiger partial charge in [-0.3, -0.25) is 14.6 Å². The van der Waals surface area contributed by atoms with Crippen LogP contribution in [0, 0.1) is 22.9 Å². The summed E-state index contributed by atoms with van der Waals surface area (Å²) in [5.41, 5.74) is 10.6. The summed E-state index contributed by atoms with van der Waals surface area (Å²) in [6, 6.07) is 10.9. The quantitative estimate of drug-likeness (QED) is 0.228. The molecule has 2 fully saturated rings. The van der Waals surface area contributed by atoms with Crippen LogP contribution < -0.4 is 22.1 Å². The second kappa shape index (κ2) is 14.7. The monoisotopic (exact) mass is 667 g/mol. The maximum absolute atomic E-state index is 15.1. The number of rotatable bonds is 11. The summed E-state index contributed by atoms with van der Waals surface area (Å²) in [4.78, 5) is 42.0. The topological polar surface area (TPSA) is 159 Å². The van der Waals surface area contributed by atoms with Crippen molar-refractivity contribution in [3.05, 3.63) is 95.1 Å². The van der Waals surface area contributed by atoms with Gasteiger partial charge in [0.15, 0.2) is 0 Å². The molecule has 4 atom stereocenters. The van der Waals surface area contributed by atoms with Gasteiger partial charge in [-0.2, -0.15) is 0 Å². The van der Waals surface area contributed by atoms with Gasteiger partial charge < -0.3 is 31.6 Å². The molecule has 0 bridgehead atoms. The van der Waals surface area contributed by atoms with Crippen molar-refractivity contribution in [3.8, 4) is 0 Å². The van der Waals surface area contributed by atoms with Crippen molar-refractivity contribution in [2.45, 2.75) is 75.5 Å². The second-order valence-electron chi connectivity index (χ2n) is 12.7. The minimum atomic E-state index is -1.24. The van der Waals surface area contributed by atoms with Gasteiger partial charge in [0.25, 0.3) is 0 Å². The van der Waals surface area contributed by atoms with Crippen LogP contribution in [0.2, 0.25) is 0 Å². The molecule has 2 heterocycles. The van der Waals surface area contributed by atoms with Gasteiger partial charge >= 0.3 is 6.09 Å². The first-order chi connectivity index (χ1) is 22.9. The molecule has 6 N–H and O–H groups in total. The smallest absolute Gasteiger partial charge is 0.405 e. The predicted octanol–water partition coefficient (Wildman–Crippen LogP) is 4.85. The molecule has 13 heteroatoms. The molecule has 2 aliphatic rings. The fourth-order valence-corrected chi connectivity index (χ4v) is 7.28. The Morgan fingerprint density at radius 3 is 2.19 bits per heavy atom. The third-order valence-corrected chi connectivity index (χ3v) is 9.80. The minimum absolute atomic E-state index is 0.0791. The molecule has 10 nitrogen and oxygen atoms in total. The molecule has 2 aromatic carbocycles. The average Bonchev–Trinajstić information content (AvgIpc) is 3.04. The number of morpholine rings is 1. The molecule has 256 valence electrons. The van der Waals surface area contributed by atoms with Gasteiger partial charge in [0.05, 0.1) is 30.8 Å². The standard InChI is InChI=1S/C35H40F3N5O5/c1-34(48-33(40)46)14-2-3-15-35(34,32(39)45)30-20-47-25(17-42-30)12-13-26-28(38)18-41-19-29(26)43-31(44)16-27(21-4-8-23(36)9-5-21)22-6-10-24(37)11-7-22/h4-11,18-19,25,27,30,42H,2-3,12-17,20H2,1H3,(H2,39,45)(H2,40,46)(H,43,44)/t25-,30-,34?,35-/m1/s1. The fourth-order valence-electron chi connectivity index (χ4n) is 7.28. The predicted molar refractivity (Wildman–Crippen MR) is 171 cm³/mol. The van der Waals surface area contributed by atoms with E-state index in [4.69, 9.17) is 20.9 Å². The number of carbonyl (C=O) groups is 3. The van der Waals surface area contributed by atoms with Gasteiger partial charge in [0.1, 0.15) is 28.5 Å². The molecular formula is C35H40F3N5O5. The Labute approximate surface area is 276 Å². The van der Waals surface area contributed by atoms with Crippen LogP contribution in [-0.2, 0) is 25.5 Å². The van der Waals surface area contributed by atoms with Crippen molar-refractivity contribution >= 4 is 23.6 Å². The van der Waals surface area contributed by atoms with Gasteiger partial charge in [-0.05, 0) is 74.4 Å². The highest BCUT2D eigenvalue weighted by molar-refractivity contribution is 5.92. The molecule has 0 spiro atoms. The first kappa shape index (κ1) is 34.8. The van der Waals surface area contributed by atoms with E-state index in [1.165, 1.54) is 30.5 Å². The van der Waals surface area contributed by atoms with Crippen molar-refractivity contribution in [2.75, 3.05) is 18.5 Å². The Hall–Kier alpha value is -4.49. The molecular weight excluding hydrogens is 627 g/mol. The number of carbonyl (C=O) groups excluding carboxylic acids is 3. The van der Waals surface area contributed by atoms with E-state index >= 15 is 4.39 Å². The van der Waals surface area contributed by atoms with E-state index < -0.39 is 58.3 Å². The highest BCUT2D eigenvalue weighted by atomic mass is 19.1. The third-order valence-electron chi connectivity index (χ3n) is 9.80. The summed E-state index contributed by atoms with van der Waals surface area (Å²) in [7, 11) is 0. The van der Waals surface area contributed by atoms with E-state index in [-0.39, 0.29) is 36.8 Å². The zero-order valence-corrected chi connectivity index (χ0v) is 26.6. The number of pyridine rings is 1. The number of anilines is 1. The molecule has 5 rings (SSSR count). The maximum atomic E-state index is 15.1. The van der Waals surface area contributed by atoms with Crippen molar-refractivity contribution < 1.29 is 37.0 Å². The summed E-state index contributed by atoms with van der Waals surface area (Å²) < 4.78 is 54.1. The van der Waals surface area contributed by atoms with Crippen LogP contribution in [0.25, 0.3) is 0 Å². The summed E-state index contributed by atoms with van der Waals surface area (Å²) >= 11 is 0. The number of aromatic nitrogens is 1. The number of ether oxygens (including phenoxy) is 2. The van der Waals surface area contributed by atoms with Crippen molar-refractivity contribution in [1.82, 2.24) is 10.3 Å². The number of nitrogens with two attached hydrogens (primary N) is 2. The van der Waals surface area contributed by atoms with Gasteiger partial charge in [-0.25, -0.2) is 18.0 Å². The lowest BCUT2D eigenvalue weighted by molar-refractivity contribution is -0.169. The lowest BCUT2D eigenvalue weighted by Gasteiger charge is -2.53. The van der Waals surface area contributed by atoms with E-state index in [1.54, 1.807) is 31.2 Å². The Bertz CT molecular complexity index is 1570. The summed E-state index contributed by atoms with van der Waals surface area (Å²) in [6.07, 6.45) is 3.85. The highest BCUT2D eigenvalue weighted by Gasteiger charge is 2.61. The van der Waals surface area contributed by atoms with Gasteiger partial charge in [-0.15, -0.1) is 0 Å². The highest BCUT2D eigenvalue weighted by Crippen LogP contribution is 2.49. The Kier molecular flexibility index (Phi) is 10.7. The number of nitrogens with zero attached hydrogens (tertiary/aromatic N) is 1. The van der Waals surface area contributed by atoms with Crippen LogP contribution >= 0.6 is 0 Å². The number of hydrogen-bond donors (Lipinski definition) is 4. The molecule has 1 aliphatic carbocycles. The van der Waals surface area contributed by atoms with Crippen LogP contribution in [0.3, 0.4) is 0 Å². The number of hydrogen-bond acceptors (Lipinski definition) is 7. The molecule has 1 saturated heterocycles. The molecule has 1 aromatic heterocycles.